The summed E-state index contributed by atoms with van der Waals surface area (Å²) in [5, 5.41) is 7.30. The van der Waals surface area contributed by atoms with Crippen molar-refractivity contribution in [1.82, 2.24) is 25.4 Å². The fourth-order valence-corrected chi connectivity index (χ4v) is 2.17. The molecule has 2 aromatic heterocycles. The van der Waals surface area contributed by atoms with Gasteiger partial charge >= 0.3 is 0 Å². The molecule has 3 heterocycles. The topological polar surface area (TPSA) is 79.6 Å². The highest BCUT2D eigenvalue weighted by Gasteiger charge is 2.18. The third-order valence-electron chi connectivity index (χ3n) is 3.04. The first-order valence-electron chi connectivity index (χ1n) is 5.95. The number of imidazole rings is 1. The van der Waals surface area contributed by atoms with Gasteiger partial charge in [0.05, 0.1) is 0 Å². The first kappa shape index (κ1) is 10.5. The number of piperidine rings is 1. The molecule has 0 amide bonds. The minimum absolute atomic E-state index is 0.536. The van der Waals surface area contributed by atoms with Crippen molar-refractivity contribution in [3.8, 4) is 11.6 Å². The van der Waals surface area contributed by atoms with Crippen molar-refractivity contribution < 1.29 is 4.52 Å². The highest BCUT2D eigenvalue weighted by Crippen LogP contribution is 2.17. The predicted molar refractivity (Wildman–Crippen MR) is 61.2 cm³/mol. The van der Waals surface area contributed by atoms with E-state index in [-0.39, 0.29) is 0 Å². The Morgan fingerprint density at radius 2 is 2.47 bits per heavy atom. The van der Waals surface area contributed by atoms with Crippen LogP contribution in [0.2, 0.25) is 0 Å². The third-order valence-corrected chi connectivity index (χ3v) is 3.04. The largest absolute Gasteiger partial charge is 0.342 e. The molecule has 6 nitrogen and oxygen atoms in total. The maximum Gasteiger partial charge on any atom is 0.238 e. The average Bonchev–Trinajstić information content (AvgIpc) is 3.00. The van der Waals surface area contributed by atoms with Gasteiger partial charge in [0, 0.05) is 18.8 Å². The Morgan fingerprint density at radius 1 is 1.47 bits per heavy atom. The highest BCUT2D eigenvalue weighted by atomic mass is 16.5. The number of aromatic amines is 1. The standard InChI is InChI=1S/C11H15N5O/c1-2-8(7-12-3-1)6-9-15-11(16-17-9)10-13-4-5-14-10/h4-5,8,12H,1-3,6-7H2,(H,13,14). The van der Waals surface area contributed by atoms with Gasteiger partial charge < -0.3 is 14.8 Å². The molecule has 0 saturated carbocycles. The van der Waals surface area contributed by atoms with E-state index in [9.17, 15) is 0 Å². The smallest absolute Gasteiger partial charge is 0.238 e. The number of hydrogen-bond acceptors (Lipinski definition) is 5. The lowest BCUT2D eigenvalue weighted by Crippen LogP contribution is -2.30. The summed E-state index contributed by atoms with van der Waals surface area (Å²) in [6.07, 6.45) is 6.73. The molecule has 1 unspecified atom stereocenters. The zero-order valence-corrected chi connectivity index (χ0v) is 9.52. The quantitative estimate of drug-likeness (QED) is 0.826. The molecule has 0 bridgehead atoms. The molecule has 90 valence electrons. The van der Waals surface area contributed by atoms with Crippen LogP contribution in [0.15, 0.2) is 16.9 Å². The second kappa shape index (κ2) is 4.67. The van der Waals surface area contributed by atoms with E-state index >= 15 is 0 Å². The summed E-state index contributed by atoms with van der Waals surface area (Å²) in [6, 6.07) is 0. The predicted octanol–water partition coefficient (Wildman–Crippen LogP) is 1.00. The van der Waals surface area contributed by atoms with Crippen LogP contribution < -0.4 is 5.32 Å². The van der Waals surface area contributed by atoms with Crippen LogP contribution in [0.25, 0.3) is 11.6 Å². The first-order valence-corrected chi connectivity index (χ1v) is 5.95. The van der Waals surface area contributed by atoms with E-state index in [2.05, 4.69) is 25.4 Å². The SMILES string of the molecule is c1c[nH]c(-c2noc(CC3CCCNC3)n2)n1. The number of nitrogens with zero attached hydrogens (tertiary/aromatic N) is 3. The van der Waals surface area contributed by atoms with E-state index < -0.39 is 0 Å². The average molecular weight is 233 g/mol. The van der Waals surface area contributed by atoms with Crippen LogP contribution in [0.4, 0.5) is 0 Å². The van der Waals surface area contributed by atoms with Crippen molar-refractivity contribution >= 4 is 0 Å². The summed E-state index contributed by atoms with van der Waals surface area (Å²) >= 11 is 0. The number of nitrogens with one attached hydrogen (secondary N) is 2. The van der Waals surface area contributed by atoms with Gasteiger partial charge in [-0.05, 0) is 31.8 Å². The first-order chi connectivity index (χ1) is 8.42. The number of H-pyrrole nitrogens is 1. The number of rotatable bonds is 3. The van der Waals surface area contributed by atoms with Crippen LogP contribution in [0, 0.1) is 5.92 Å². The lowest BCUT2D eigenvalue weighted by Gasteiger charge is -2.20. The van der Waals surface area contributed by atoms with Gasteiger partial charge in [0.1, 0.15) is 0 Å². The van der Waals surface area contributed by atoms with Crippen molar-refractivity contribution in [2.24, 2.45) is 5.92 Å². The Balaban J connectivity index is 1.68. The summed E-state index contributed by atoms with van der Waals surface area (Å²) in [5.74, 6) is 2.49. The molecule has 1 fully saturated rings. The van der Waals surface area contributed by atoms with Crippen molar-refractivity contribution in [2.45, 2.75) is 19.3 Å². The molecule has 1 aliphatic rings. The normalized spacial score (nSPS) is 20.6. The zero-order valence-electron chi connectivity index (χ0n) is 9.52. The maximum atomic E-state index is 5.24. The Kier molecular flexibility index (Phi) is 2.87. The van der Waals surface area contributed by atoms with Crippen molar-refractivity contribution in [3.63, 3.8) is 0 Å². The summed E-state index contributed by atoms with van der Waals surface area (Å²) in [6.45, 7) is 2.16. The van der Waals surface area contributed by atoms with Gasteiger partial charge in [-0.25, -0.2) is 4.98 Å². The molecule has 0 aliphatic carbocycles. The molecule has 3 rings (SSSR count). The molecule has 2 N–H and O–H groups in total. The van der Waals surface area contributed by atoms with Crippen molar-refractivity contribution in [1.29, 1.82) is 0 Å². The lowest BCUT2D eigenvalue weighted by atomic mass is 9.96. The summed E-state index contributed by atoms with van der Waals surface area (Å²) in [5.41, 5.74) is 0. The fraction of sp³-hybridized carbons (Fsp3) is 0.545. The van der Waals surface area contributed by atoms with Gasteiger partial charge in [-0.2, -0.15) is 4.98 Å². The van der Waals surface area contributed by atoms with Gasteiger partial charge in [-0.15, -0.1) is 0 Å². The Hall–Kier alpha value is -1.69. The second-order valence-electron chi connectivity index (χ2n) is 4.37. The van der Waals surface area contributed by atoms with Crippen molar-refractivity contribution in [3.05, 3.63) is 18.3 Å². The van der Waals surface area contributed by atoms with E-state index in [0.717, 1.165) is 19.5 Å². The molecule has 2 aromatic rings. The Labute approximate surface area is 98.8 Å². The van der Waals surface area contributed by atoms with Crippen LogP contribution in [-0.4, -0.2) is 33.2 Å². The van der Waals surface area contributed by atoms with Gasteiger partial charge in [-0.3, -0.25) is 0 Å². The number of aromatic nitrogens is 4. The Bertz CT molecular complexity index is 458. The lowest BCUT2D eigenvalue weighted by molar-refractivity contribution is 0.316. The van der Waals surface area contributed by atoms with Crippen LogP contribution >= 0.6 is 0 Å². The third kappa shape index (κ3) is 2.36. The molecule has 17 heavy (non-hydrogen) atoms. The molecule has 0 radical (unpaired) electrons. The molecular formula is C11H15N5O. The maximum absolute atomic E-state index is 5.24. The van der Waals surface area contributed by atoms with E-state index in [4.69, 9.17) is 4.52 Å². The van der Waals surface area contributed by atoms with Crippen molar-refractivity contribution in [2.75, 3.05) is 13.1 Å². The van der Waals surface area contributed by atoms with Crippen LogP contribution in [0.1, 0.15) is 18.7 Å². The van der Waals surface area contributed by atoms with Gasteiger partial charge in [0.15, 0.2) is 5.82 Å². The monoisotopic (exact) mass is 233 g/mol. The van der Waals surface area contributed by atoms with E-state index in [1.807, 2.05) is 0 Å². The molecule has 6 heteroatoms. The van der Waals surface area contributed by atoms with Crippen LogP contribution in [0.3, 0.4) is 0 Å². The minimum atomic E-state index is 0.536. The summed E-state index contributed by atoms with van der Waals surface area (Å²) in [4.78, 5) is 11.4. The van der Waals surface area contributed by atoms with Crippen LogP contribution in [-0.2, 0) is 6.42 Å². The molecular weight excluding hydrogens is 218 g/mol. The molecule has 1 aliphatic heterocycles. The van der Waals surface area contributed by atoms with E-state index in [0.29, 0.717) is 23.5 Å². The molecule has 0 aromatic carbocycles. The van der Waals surface area contributed by atoms with Gasteiger partial charge in [-0.1, -0.05) is 5.16 Å². The zero-order chi connectivity index (χ0) is 11.5. The highest BCUT2D eigenvalue weighted by molar-refractivity contribution is 5.40. The van der Waals surface area contributed by atoms with Gasteiger partial charge in [0.2, 0.25) is 11.7 Å². The van der Waals surface area contributed by atoms with Gasteiger partial charge in [0.25, 0.3) is 0 Å². The summed E-state index contributed by atoms with van der Waals surface area (Å²) < 4.78 is 5.24. The van der Waals surface area contributed by atoms with E-state index in [1.165, 1.54) is 12.8 Å². The second-order valence-corrected chi connectivity index (χ2v) is 4.37. The molecule has 1 saturated heterocycles. The van der Waals surface area contributed by atoms with Crippen LogP contribution in [0.5, 0.6) is 0 Å². The summed E-state index contributed by atoms with van der Waals surface area (Å²) in [7, 11) is 0. The molecule has 0 spiro atoms. The Morgan fingerprint density at radius 3 is 3.24 bits per heavy atom. The van der Waals surface area contributed by atoms with E-state index in [1.54, 1.807) is 12.4 Å². The fourth-order valence-electron chi connectivity index (χ4n) is 2.17. The molecule has 1 atom stereocenters. The number of hydrogen-bond donors (Lipinski definition) is 2. The minimum Gasteiger partial charge on any atom is -0.342 e.